The lowest BCUT2D eigenvalue weighted by Crippen LogP contribution is -2.33. The molecule has 0 saturated heterocycles. The molecule has 2 atom stereocenters. The van der Waals surface area contributed by atoms with Crippen LogP contribution in [0.5, 0.6) is 0 Å². The smallest absolute Gasteiger partial charge is 0.324 e. The fraction of sp³-hybridized carbons (Fsp3) is 0.833. The van der Waals surface area contributed by atoms with Crippen molar-refractivity contribution in [3.05, 3.63) is 11.6 Å². The molecule has 96 valence electrons. The van der Waals surface area contributed by atoms with Crippen molar-refractivity contribution in [1.29, 1.82) is 0 Å². The third-order valence-corrected chi connectivity index (χ3v) is 2.81. The summed E-state index contributed by atoms with van der Waals surface area (Å²) in [6, 6.07) is -0.506. The van der Waals surface area contributed by atoms with Crippen molar-refractivity contribution in [2.24, 2.45) is 17.6 Å². The molecule has 0 aromatic heterocycles. The van der Waals surface area contributed by atoms with E-state index in [2.05, 4.69) is 0 Å². The normalized spacial score (nSPS) is 17.7. The molecule has 0 fully saturated rings. The van der Waals surface area contributed by atoms with Gasteiger partial charge in [-0.05, 0) is 25.7 Å². The van der Waals surface area contributed by atoms with Crippen molar-refractivity contribution in [1.82, 2.24) is 0 Å². The largest absolute Gasteiger partial charge is 0.392 e. The molecule has 4 heteroatoms. The van der Waals surface area contributed by atoms with Crippen LogP contribution in [0.3, 0.4) is 0 Å². The summed E-state index contributed by atoms with van der Waals surface area (Å²) in [6.07, 6.45) is -1.62. The van der Waals surface area contributed by atoms with Crippen LogP contribution in [0.15, 0.2) is 11.6 Å². The highest BCUT2D eigenvalue weighted by Gasteiger charge is 2.41. The van der Waals surface area contributed by atoms with Crippen LogP contribution in [0.2, 0.25) is 0 Å². The number of halogens is 3. The van der Waals surface area contributed by atoms with Gasteiger partial charge in [0, 0.05) is 6.04 Å². The number of hydrogen-bond donors (Lipinski definition) is 1. The molecule has 0 aliphatic heterocycles. The molecule has 2 N–H and O–H groups in total. The van der Waals surface area contributed by atoms with E-state index >= 15 is 0 Å². The molecule has 0 saturated carbocycles. The fourth-order valence-corrected chi connectivity index (χ4v) is 1.63. The van der Waals surface area contributed by atoms with Gasteiger partial charge in [-0.1, -0.05) is 32.4 Å². The van der Waals surface area contributed by atoms with Crippen molar-refractivity contribution in [2.45, 2.75) is 52.8 Å². The van der Waals surface area contributed by atoms with Crippen LogP contribution in [0.25, 0.3) is 0 Å². The molecule has 16 heavy (non-hydrogen) atoms. The zero-order valence-corrected chi connectivity index (χ0v) is 10.4. The second-order valence-electron chi connectivity index (χ2n) is 4.66. The first kappa shape index (κ1) is 15.5. The van der Waals surface area contributed by atoms with E-state index in [0.717, 1.165) is 12.0 Å². The van der Waals surface area contributed by atoms with Gasteiger partial charge in [-0.25, -0.2) is 0 Å². The van der Waals surface area contributed by atoms with E-state index in [-0.39, 0.29) is 6.42 Å². The summed E-state index contributed by atoms with van der Waals surface area (Å²) in [7, 11) is 0. The average Bonchev–Trinajstić information content (AvgIpc) is 2.11. The van der Waals surface area contributed by atoms with Crippen LogP contribution in [-0.2, 0) is 0 Å². The van der Waals surface area contributed by atoms with E-state index in [4.69, 9.17) is 5.73 Å². The van der Waals surface area contributed by atoms with Gasteiger partial charge in [0.15, 0.2) is 0 Å². The molecule has 0 radical (unpaired) electrons. The Morgan fingerprint density at radius 3 is 2.12 bits per heavy atom. The first-order chi connectivity index (χ1) is 7.18. The molecule has 0 rings (SSSR count). The van der Waals surface area contributed by atoms with Gasteiger partial charge >= 0.3 is 6.18 Å². The van der Waals surface area contributed by atoms with Gasteiger partial charge in [-0.15, -0.1) is 0 Å². The summed E-state index contributed by atoms with van der Waals surface area (Å²) < 4.78 is 38.0. The minimum absolute atomic E-state index is 0.0293. The molecule has 0 aromatic carbocycles. The zero-order valence-electron chi connectivity index (χ0n) is 10.4. The predicted octanol–water partition coefficient (Wildman–Crippen LogP) is 3.89. The molecule has 0 aliphatic carbocycles. The number of hydrogen-bond acceptors (Lipinski definition) is 1. The Hall–Kier alpha value is -0.510. The first-order valence-electron chi connectivity index (χ1n) is 5.68. The Labute approximate surface area is 95.9 Å². The van der Waals surface area contributed by atoms with E-state index < -0.39 is 24.1 Å². The van der Waals surface area contributed by atoms with Crippen LogP contribution in [0, 0.1) is 11.8 Å². The number of alkyl halides is 3. The van der Waals surface area contributed by atoms with Gasteiger partial charge in [-0.2, -0.15) is 13.2 Å². The van der Waals surface area contributed by atoms with Crippen molar-refractivity contribution in [3.8, 4) is 0 Å². The Kier molecular flexibility index (Phi) is 6.08. The molecule has 1 nitrogen and oxygen atoms in total. The Balaban J connectivity index is 4.54. The summed E-state index contributed by atoms with van der Waals surface area (Å²) in [6.45, 7) is 7.02. The second kappa shape index (κ2) is 6.28. The van der Waals surface area contributed by atoms with E-state index in [9.17, 15) is 13.2 Å². The van der Waals surface area contributed by atoms with Crippen LogP contribution in [0.1, 0.15) is 40.5 Å². The quantitative estimate of drug-likeness (QED) is 0.721. The average molecular weight is 237 g/mol. The van der Waals surface area contributed by atoms with Crippen molar-refractivity contribution < 1.29 is 13.2 Å². The monoisotopic (exact) mass is 237 g/mol. The lowest BCUT2D eigenvalue weighted by molar-refractivity contribution is -0.188. The maximum absolute atomic E-state index is 12.7. The van der Waals surface area contributed by atoms with Crippen molar-refractivity contribution >= 4 is 0 Å². The number of allylic oxidation sites excluding steroid dienone is 1. The molecular weight excluding hydrogens is 215 g/mol. The minimum atomic E-state index is -4.15. The molecular formula is C12H22F3N. The zero-order chi connectivity index (χ0) is 12.9. The van der Waals surface area contributed by atoms with E-state index in [1.54, 1.807) is 19.9 Å². The summed E-state index contributed by atoms with van der Waals surface area (Å²) in [5.74, 6) is -1.75. The highest BCUT2D eigenvalue weighted by atomic mass is 19.4. The molecule has 0 spiro atoms. The predicted molar refractivity (Wildman–Crippen MR) is 61.0 cm³/mol. The first-order valence-corrected chi connectivity index (χ1v) is 5.68. The van der Waals surface area contributed by atoms with E-state index in [0.29, 0.717) is 0 Å². The topological polar surface area (TPSA) is 26.0 Å². The Bertz CT molecular complexity index is 231. The summed E-state index contributed by atoms with van der Waals surface area (Å²) in [4.78, 5) is 0. The SMILES string of the molecule is CC/C(C)=C\C(N)CC(C(C)C)C(F)(F)F. The van der Waals surface area contributed by atoms with Crippen molar-refractivity contribution in [2.75, 3.05) is 0 Å². The second-order valence-corrected chi connectivity index (χ2v) is 4.66. The van der Waals surface area contributed by atoms with E-state index in [1.807, 2.05) is 13.8 Å². The van der Waals surface area contributed by atoms with Gasteiger partial charge < -0.3 is 5.73 Å². The number of rotatable bonds is 5. The van der Waals surface area contributed by atoms with Crippen LogP contribution in [-0.4, -0.2) is 12.2 Å². The number of nitrogens with two attached hydrogens (primary N) is 1. The van der Waals surface area contributed by atoms with Gasteiger partial charge in [-0.3, -0.25) is 0 Å². The van der Waals surface area contributed by atoms with Gasteiger partial charge in [0.05, 0.1) is 5.92 Å². The molecule has 2 unspecified atom stereocenters. The highest BCUT2D eigenvalue weighted by molar-refractivity contribution is 5.03. The highest BCUT2D eigenvalue weighted by Crippen LogP contribution is 2.35. The van der Waals surface area contributed by atoms with Crippen LogP contribution < -0.4 is 5.73 Å². The third-order valence-electron chi connectivity index (χ3n) is 2.81. The van der Waals surface area contributed by atoms with Gasteiger partial charge in [0.25, 0.3) is 0 Å². The van der Waals surface area contributed by atoms with Crippen molar-refractivity contribution in [3.63, 3.8) is 0 Å². The third kappa shape index (κ3) is 5.54. The standard InChI is InChI=1S/C12H22F3N/c1-5-9(4)6-10(16)7-11(8(2)3)12(13,14)15/h6,8,10-11H,5,7,16H2,1-4H3/b9-6-. The molecule has 0 bridgehead atoms. The van der Waals surface area contributed by atoms with Gasteiger partial charge in [0.2, 0.25) is 0 Å². The fourth-order valence-electron chi connectivity index (χ4n) is 1.63. The summed E-state index contributed by atoms with van der Waals surface area (Å²) in [5.41, 5.74) is 6.75. The lowest BCUT2D eigenvalue weighted by Gasteiger charge is -2.25. The van der Waals surface area contributed by atoms with Crippen LogP contribution in [0.4, 0.5) is 13.2 Å². The van der Waals surface area contributed by atoms with Gasteiger partial charge in [0.1, 0.15) is 0 Å². The lowest BCUT2D eigenvalue weighted by atomic mass is 9.88. The Morgan fingerprint density at radius 2 is 1.81 bits per heavy atom. The van der Waals surface area contributed by atoms with E-state index in [1.165, 1.54) is 0 Å². The van der Waals surface area contributed by atoms with Crippen LogP contribution >= 0.6 is 0 Å². The molecule has 0 heterocycles. The summed E-state index contributed by atoms with van der Waals surface area (Å²) in [5, 5.41) is 0. The maximum atomic E-state index is 12.7. The molecule has 0 aromatic rings. The molecule has 0 aliphatic rings. The Morgan fingerprint density at radius 1 is 1.31 bits per heavy atom. The summed E-state index contributed by atoms with van der Waals surface area (Å²) >= 11 is 0. The minimum Gasteiger partial charge on any atom is -0.324 e. The maximum Gasteiger partial charge on any atom is 0.392 e. The molecule has 0 amide bonds.